The zero-order valence-corrected chi connectivity index (χ0v) is 11.9. The van der Waals surface area contributed by atoms with Crippen molar-refractivity contribution in [2.24, 2.45) is 0 Å². The first-order valence-electron chi connectivity index (χ1n) is 5.50. The third kappa shape index (κ3) is 2.87. The van der Waals surface area contributed by atoms with E-state index in [-0.39, 0.29) is 17.7 Å². The molecule has 1 fully saturated rings. The molecule has 2 amide bonds. The lowest BCUT2D eigenvalue weighted by atomic mass is 10.3. The summed E-state index contributed by atoms with van der Waals surface area (Å²) in [7, 11) is 0. The van der Waals surface area contributed by atoms with Crippen LogP contribution in [0.15, 0.2) is 21.2 Å². The average Bonchev–Trinajstić information content (AvgIpc) is 2.84. The summed E-state index contributed by atoms with van der Waals surface area (Å²) >= 11 is 8.65. The van der Waals surface area contributed by atoms with Gasteiger partial charge >= 0.3 is 0 Å². The van der Waals surface area contributed by atoms with Gasteiger partial charge < -0.3 is 14.2 Å². The van der Waals surface area contributed by atoms with Crippen molar-refractivity contribution < 1.29 is 14.0 Å². The van der Waals surface area contributed by atoms with Crippen molar-refractivity contribution in [3.8, 4) is 0 Å². The molecule has 1 aliphatic heterocycles. The predicted octanol–water partition coefficient (Wildman–Crippen LogP) is 1.57. The van der Waals surface area contributed by atoms with Crippen molar-refractivity contribution in [3.05, 3.63) is 22.6 Å². The number of halogens is 2. The first kappa shape index (κ1) is 13.4. The quantitative estimate of drug-likeness (QED) is 0.771. The van der Waals surface area contributed by atoms with Crippen LogP contribution < -0.4 is 0 Å². The maximum Gasteiger partial charge on any atom is 0.289 e. The Hall–Kier alpha value is -1.01. The highest BCUT2D eigenvalue weighted by Crippen LogP contribution is 2.16. The van der Waals surface area contributed by atoms with E-state index in [1.54, 1.807) is 21.9 Å². The van der Waals surface area contributed by atoms with Crippen LogP contribution in [0.2, 0.25) is 0 Å². The van der Waals surface area contributed by atoms with Gasteiger partial charge in [-0.1, -0.05) is 0 Å². The highest BCUT2D eigenvalue weighted by molar-refractivity contribution is 9.10. The van der Waals surface area contributed by atoms with E-state index >= 15 is 0 Å². The van der Waals surface area contributed by atoms with E-state index in [0.717, 1.165) is 0 Å². The number of furan rings is 1. The zero-order valence-electron chi connectivity index (χ0n) is 9.57. The summed E-state index contributed by atoms with van der Waals surface area (Å²) in [5.74, 6) is 0.0428. The van der Waals surface area contributed by atoms with E-state index in [4.69, 9.17) is 16.0 Å². The Kier molecular flexibility index (Phi) is 4.29. The SMILES string of the molecule is O=C(CCl)N1CCN(C(=O)c2ccc(Br)o2)CC1. The lowest BCUT2D eigenvalue weighted by molar-refractivity contribution is -0.129. The molecule has 2 rings (SSSR count). The van der Waals surface area contributed by atoms with Crippen LogP contribution in [0.25, 0.3) is 0 Å². The number of amides is 2. The molecule has 0 aliphatic carbocycles. The van der Waals surface area contributed by atoms with Crippen LogP contribution in [-0.4, -0.2) is 53.7 Å². The number of alkyl halides is 1. The van der Waals surface area contributed by atoms with Gasteiger partial charge in [0.1, 0.15) is 5.88 Å². The van der Waals surface area contributed by atoms with Gasteiger partial charge in [-0.05, 0) is 28.1 Å². The van der Waals surface area contributed by atoms with Crippen LogP contribution >= 0.6 is 27.5 Å². The maximum absolute atomic E-state index is 12.0. The van der Waals surface area contributed by atoms with Gasteiger partial charge in [0.05, 0.1) is 0 Å². The molecule has 2 heterocycles. The normalized spacial score (nSPS) is 15.9. The largest absolute Gasteiger partial charge is 0.444 e. The average molecular weight is 336 g/mol. The van der Waals surface area contributed by atoms with Crippen LogP contribution in [0.4, 0.5) is 0 Å². The van der Waals surface area contributed by atoms with Crippen molar-refractivity contribution in [3.63, 3.8) is 0 Å². The highest BCUT2D eigenvalue weighted by Gasteiger charge is 2.25. The number of hydrogen-bond acceptors (Lipinski definition) is 3. The Morgan fingerprint density at radius 2 is 1.83 bits per heavy atom. The van der Waals surface area contributed by atoms with E-state index in [1.165, 1.54) is 0 Å². The van der Waals surface area contributed by atoms with Gasteiger partial charge in [0, 0.05) is 26.2 Å². The van der Waals surface area contributed by atoms with Crippen LogP contribution in [0, 0.1) is 0 Å². The van der Waals surface area contributed by atoms with Crippen molar-refractivity contribution in [2.45, 2.75) is 0 Å². The van der Waals surface area contributed by atoms with E-state index in [1.807, 2.05) is 0 Å². The molecule has 0 aromatic carbocycles. The topological polar surface area (TPSA) is 53.8 Å². The second kappa shape index (κ2) is 5.75. The summed E-state index contributed by atoms with van der Waals surface area (Å²) in [5, 5.41) is 0. The minimum atomic E-state index is -0.154. The highest BCUT2D eigenvalue weighted by atomic mass is 79.9. The molecule has 18 heavy (non-hydrogen) atoms. The molecule has 1 aromatic rings. The van der Waals surface area contributed by atoms with E-state index in [2.05, 4.69) is 15.9 Å². The molecule has 0 saturated carbocycles. The van der Waals surface area contributed by atoms with Gasteiger partial charge in [-0.25, -0.2) is 0 Å². The van der Waals surface area contributed by atoms with Gasteiger partial charge in [-0.2, -0.15) is 0 Å². The van der Waals surface area contributed by atoms with E-state index in [9.17, 15) is 9.59 Å². The van der Waals surface area contributed by atoms with Crippen LogP contribution in [0.5, 0.6) is 0 Å². The van der Waals surface area contributed by atoms with Crippen molar-refractivity contribution in [2.75, 3.05) is 32.1 Å². The molecule has 0 spiro atoms. The molecule has 0 atom stereocenters. The second-order valence-electron chi connectivity index (χ2n) is 3.91. The molecule has 0 N–H and O–H groups in total. The van der Waals surface area contributed by atoms with Gasteiger partial charge in [0.2, 0.25) is 5.91 Å². The fourth-order valence-electron chi connectivity index (χ4n) is 1.83. The van der Waals surface area contributed by atoms with E-state index < -0.39 is 0 Å². The molecular weight excluding hydrogens is 323 g/mol. The van der Waals surface area contributed by atoms with Crippen LogP contribution in [0.1, 0.15) is 10.6 Å². The monoisotopic (exact) mass is 334 g/mol. The van der Waals surface area contributed by atoms with Crippen molar-refractivity contribution in [1.29, 1.82) is 0 Å². The van der Waals surface area contributed by atoms with Crippen LogP contribution in [0.3, 0.4) is 0 Å². The first-order chi connectivity index (χ1) is 8.61. The summed E-state index contributed by atoms with van der Waals surface area (Å²) in [6.45, 7) is 2.03. The Morgan fingerprint density at radius 3 is 2.33 bits per heavy atom. The molecule has 5 nitrogen and oxygen atoms in total. The number of carbonyl (C=O) groups excluding carboxylic acids is 2. The minimum absolute atomic E-state index is 0.0148. The number of hydrogen-bond donors (Lipinski definition) is 0. The smallest absolute Gasteiger partial charge is 0.289 e. The lowest BCUT2D eigenvalue weighted by Crippen LogP contribution is -2.50. The number of nitrogens with zero attached hydrogens (tertiary/aromatic N) is 2. The van der Waals surface area contributed by atoms with Crippen LogP contribution in [-0.2, 0) is 4.79 Å². The maximum atomic E-state index is 12.0. The summed E-state index contributed by atoms with van der Waals surface area (Å²) in [6, 6.07) is 3.31. The number of carbonyl (C=O) groups is 2. The predicted molar refractivity (Wildman–Crippen MR) is 69.6 cm³/mol. The minimum Gasteiger partial charge on any atom is -0.444 e. The molecule has 7 heteroatoms. The standard InChI is InChI=1S/C11H12BrClN2O3/c12-9-2-1-8(18-9)11(17)15-5-3-14(4-6-15)10(16)7-13/h1-2H,3-7H2. The first-order valence-corrected chi connectivity index (χ1v) is 6.83. The molecule has 0 unspecified atom stereocenters. The number of rotatable bonds is 2. The number of piperazine rings is 1. The third-order valence-corrected chi connectivity index (χ3v) is 3.47. The van der Waals surface area contributed by atoms with Gasteiger partial charge in [0.25, 0.3) is 5.91 Å². The second-order valence-corrected chi connectivity index (χ2v) is 4.96. The zero-order chi connectivity index (χ0) is 13.1. The van der Waals surface area contributed by atoms with Crippen molar-refractivity contribution in [1.82, 2.24) is 9.80 Å². The Labute approximate surface area is 118 Å². The summed E-state index contributed by atoms with van der Waals surface area (Å²) < 4.78 is 5.75. The van der Waals surface area contributed by atoms with Crippen molar-refractivity contribution >= 4 is 39.3 Å². The molecule has 1 aliphatic rings. The summed E-state index contributed by atoms with van der Waals surface area (Å²) in [6.07, 6.45) is 0. The Balaban J connectivity index is 1.94. The summed E-state index contributed by atoms with van der Waals surface area (Å²) in [4.78, 5) is 26.8. The summed E-state index contributed by atoms with van der Waals surface area (Å²) in [5.41, 5.74) is 0. The molecule has 0 radical (unpaired) electrons. The molecule has 1 saturated heterocycles. The molecule has 1 aromatic heterocycles. The Bertz CT molecular complexity index is 455. The molecule has 0 bridgehead atoms. The van der Waals surface area contributed by atoms with E-state index in [0.29, 0.717) is 36.6 Å². The fraction of sp³-hybridized carbons (Fsp3) is 0.455. The lowest BCUT2D eigenvalue weighted by Gasteiger charge is -2.34. The van der Waals surface area contributed by atoms with Gasteiger partial charge in [-0.3, -0.25) is 9.59 Å². The van der Waals surface area contributed by atoms with Gasteiger partial charge in [0.15, 0.2) is 10.4 Å². The molecular formula is C11H12BrClN2O3. The Morgan fingerprint density at radius 1 is 1.22 bits per heavy atom. The fourth-order valence-corrected chi connectivity index (χ4v) is 2.30. The third-order valence-electron chi connectivity index (χ3n) is 2.82. The van der Waals surface area contributed by atoms with Gasteiger partial charge in [-0.15, -0.1) is 11.6 Å². The molecule has 98 valence electrons.